The molecule has 0 fully saturated rings. The molecule has 1 aromatic rings. The first kappa shape index (κ1) is 11.1. The van der Waals surface area contributed by atoms with Gasteiger partial charge in [0.2, 0.25) is 5.91 Å². The fourth-order valence-corrected chi connectivity index (χ4v) is 1.96. The van der Waals surface area contributed by atoms with E-state index in [0.717, 1.165) is 12.1 Å². The minimum atomic E-state index is 0.126. The highest BCUT2D eigenvalue weighted by Crippen LogP contribution is 2.27. The maximum atomic E-state index is 11.2. The third-order valence-electron chi connectivity index (χ3n) is 3.28. The Labute approximate surface area is 96.5 Å². The Bertz CT molecular complexity index is 412. The lowest BCUT2D eigenvalue weighted by molar-refractivity contribution is -0.116. The number of anilines is 1. The molecule has 16 heavy (non-hydrogen) atoms. The molecule has 0 aromatic heterocycles. The van der Waals surface area contributed by atoms with Crippen LogP contribution in [0.3, 0.4) is 0 Å². The number of aryl methyl sites for hydroxylation is 1. The van der Waals surface area contributed by atoms with Crippen LogP contribution >= 0.6 is 0 Å². The lowest BCUT2D eigenvalue weighted by atomic mass is 9.97. The average molecular weight is 218 g/mol. The molecule has 0 spiro atoms. The Hall–Kier alpha value is -1.35. The molecule has 1 N–H and O–H groups in total. The normalized spacial score (nSPS) is 16.9. The standard InChI is InChI=1S/C13H18N2O/c1-9(15(2)3)10-4-6-12-11(8-10)5-7-13(16)14-12/h4,6,8-9H,5,7H2,1-3H3,(H,14,16). The first-order valence-electron chi connectivity index (χ1n) is 5.67. The fourth-order valence-electron chi connectivity index (χ4n) is 1.96. The molecule has 1 atom stereocenters. The third kappa shape index (κ3) is 2.09. The number of carbonyl (C=O) groups is 1. The Kier molecular flexibility index (Phi) is 2.97. The number of hydrogen-bond donors (Lipinski definition) is 1. The van der Waals surface area contributed by atoms with E-state index in [1.807, 2.05) is 6.07 Å². The van der Waals surface area contributed by atoms with Crippen LogP contribution in [-0.2, 0) is 11.2 Å². The third-order valence-corrected chi connectivity index (χ3v) is 3.28. The molecule has 1 aliphatic heterocycles. The van der Waals surface area contributed by atoms with Crippen molar-refractivity contribution < 1.29 is 4.79 Å². The van der Waals surface area contributed by atoms with Crippen LogP contribution in [0.1, 0.15) is 30.5 Å². The Morgan fingerprint density at radius 1 is 1.31 bits per heavy atom. The summed E-state index contributed by atoms with van der Waals surface area (Å²) in [6.07, 6.45) is 1.46. The number of fused-ring (bicyclic) bond motifs is 1. The molecule has 3 heteroatoms. The van der Waals surface area contributed by atoms with Gasteiger partial charge in [0, 0.05) is 18.2 Å². The number of carbonyl (C=O) groups excluding carboxylic acids is 1. The number of benzene rings is 1. The van der Waals surface area contributed by atoms with E-state index in [2.05, 4.69) is 43.4 Å². The summed E-state index contributed by atoms with van der Waals surface area (Å²) < 4.78 is 0. The number of hydrogen-bond acceptors (Lipinski definition) is 2. The first-order valence-corrected chi connectivity index (χ1v) is 5.67. The highest BCUT2D eigenvalue weighted by Gasteiger charge is 2.16. The quantitative estimate of drug-likeness (QED) is 0.825. The highest BCUT2D eigenvalue weighted by molar-refractivity contribution is 5.93. The van der Waals surface area contributed by atoms with Gasteiger partial charge in [0.15, 0.2) is 0 Å². The van der Waals surface area contributed by atoms with Crippen molar-refractivity contribution in [3.05, 3.63) is 29.3 Å². The molecule has 1 aromatic carbocycles. The molecule has 0 bridgehead atoms. The molecule has 2 rings (SSSR count). The van der Waals surface area contributed by atoms with Gasteiger partial charge in [-0.1, -0.05) is 12.1 Å². The topological polar surface area (TPSA) is 32.3 Å². The van der Waals surface area contributed by atoms with Gasteiger partial charge in [-0.3, -0.25) is 4.79 Å². The molecule has 0 saturated carbocycles. The Morgan fingerprint density at radius 2 is 2.06 bits per heavy atom. The summed E-state index contributed by atoms with van der Waals surface area (Å²) in [6, 6.07) is 6.72. The van der Waals surface area contributed by atoms with Gasteiger partial charge in [-0.2, -0.15) is 0 Å². The van der Waals surface area contributed by atoms with Gasteiger partial charge in [0.25, 0.3) is 0 Å². The van der Waals surface area contributed by atoms with Crippen molar-refractivity contribution in [1.29, 1.82) is 0 Å². The van der Waals surface area contributed by atoms with E-state index in [-0.39, 0.29) is 5.91 Å². The van der Waals surface area contributed by atoms with Crippen molar-refractivity contribution in [3.63, 3.8) is 0 Å². The molecule has 1 unspecified atom stereocenters. The van der Waals surface area contributed by atoms with Crippen molar-refractivity contribution in [2.45, 2.75) is 25.8 Å². The van der Waals surface area contributed by atoms with Crippen LogP contribution in [0.5, 0.6) is 0 Å². The molecular weight excluding hydrogens is 200 g/mol. The van der Waals surface area contributed by atoms with E-state index in [0.29, 0.717) is 12.5 Å². The highest BCUT2D eigenvalue weighted by atomic mass is 16.1. The summed E-state index contributed by atoms with van der Waals surface area (Å²) in [5.74, 6) is 0.126. The maximum absolute atomic E-state index is 11.2. The van der Waals surface area contributed by atoms with E-state index in [1.165, 1.54) is 11.1 Å². The van der Waals surface area contributed by atoms with Gasteiger partial charge in [-0.15, -0.1) is 0 Å². The smallest absolute Gasteiger partial charge is 0.224 e. The molecule has 1 heterocycles. The minimum absolute atomic E-state index is 0.126. The van der Waals surface area contributed by atoms with Gasteiger partial charge in [-0.25, -0.2) is 0 Å². The van der Waals surface area contributed by atoms with Gasteiger partial charge >= 0.3 is 0 Å². The monoisotopic (exact) mass is 218 g/mol. The van der Waals surface area contributed by atoms with Gasteiger partial charge in [0.1, 0.15) is 0 Å². The molecular formula is C13H18N2O. The second kappa shape index (κ2) is 4.26. The summed E-state index contributed by atoms with van der Waals surface area (Å²) in [7, 11) is 4.15. The van der Waals surface area contributed by atoms with Crippen LogP contribution in [0.25, 0.3) is 0 Å². The second-order valence-corrected chi connectivity index (χ2v) is 4.60. The van der Waals surface area contributed by atoms with Crippen molar-refractivity contribution in [1.82, 2.24) is 4.90 Å². The van der Waals surface area contributed by atoms with Crippen LogP contribution in [0, 0.1) is 0 Å². The zero-order valence-corrected chi connectivity index (χ0v) is 10.1. The predicted molar refractivity (Wildman–Crippen MR) is 65.5 cm³/mol. The van der Waals surface area contributed by atoms with Crippen LogP contribution < -0.4 is 5.32 Å². The molecule has 0 saturated heterocycles. The molecule has 0 radical (unpaired) electrons. The summed E-state index contributed by atoms with van der Waals surface area (Å²) >= 11 is 0. The number of amides is 1. The zero-order valence-electron chi connectivity index (χ0n) is 10.1. The largest absolute Gasteiger partial charge is 0.326 e. The number of nitrogens with one attached hydrogen (secondary N) is 1. The molecule has 1 aliphatic rings. The van der Waals surface area contributed by atoms with Crippen LogP contribution in [0.15, 0.2) is 18.2 Å². The lowest BCUT2D eigenvalue weighted by Crippen LogP contribution is -2.20. The van der Waals surface area contributed by atoms with E-state index >= 15 is 0 Å². The summed E-state index contributed by atoms with van der Waals surface area (Å²) in [5, 5.41) is 2.90. The van der Waals surface area contributed by atoms with Crippen molar-refractivity contribution in [2.24, 2.45) is 0 Å². The van der Waals surface area contributed by atoms with E-state index in [4.69, 9.17) is 0 Å². The van der Waals surface area contributed by atoms with E-state index in [9.17, 15) is 4.79 Å². The lowest BCUT2D eigenvalue weighted by Gasteiger charge is -2.23. The fraction of sp³-hybridized carbons (Fsp3) is 0.462. The Morgan fingerprint density at radius 3 is 2.75 bits per heavy atom. The van der Waals surface area contributed by atoms with Crippen molar-refractivity contribution in [3.8, 4) is 0 Å². The molecule has 86 valence electrons. The van der Waals surface area contributed by atoms with E-state index in [1.54, 1.807) is 0 Å². The summed E-state index contributed by atoms with van der Waals surface area (Å²) in [5.41, 5.74) is 3.54. The first-order chi connectivity index (χ1) is 7.58. The minimum Gasteiger partial charge on any atom is -0.326 e. The maximum Gasteiger partial charge on any atom is 0.224 e. The molecule has 1 amide bonds. The van der Waals surface area contributed by atoms with Crippen molar-refractivity contribution >= 4 is 11.6 Å². The predicted octanol–water partition coefficient (Wildman–Crippen LogP) is 2.19. The molecule has 3 nitrogen and oxygen atoms in total. The second-order valence-electron chi connectivity index (χ2n) is 4.60. The van der Waals surface area contributed by atoms with Crippen LogP contribution in [0.2, 0.25) is 0 Å². The SMILES string of the molecule is CC(c1ccc2c(c1)CCC(=O)N2)N(C)C. The van der Waals surface area contributed by atoms with Crippen LogP contribution in [-0.4, -0.2) is 24.9 Å². The average Bonchev–Trinajstić information content (AvgIpc) is 2.27. The summed E-state index contributed by atoms with van der Waals surface area (Å²) in [4.78, 5) is 13.4. The van der Waals surface area contributed by atoms with Gasteiger partial charge < -0.3 is 10.2 Å². The molecule has 0 aliphatic carbocycles. The van der Waals surface area contributed by atoms with Crippen molar-refractivity contribution in [2.75, 3.05) is 19.4 Å². The zero-order chi connectivity index (χ0) is 11.7. The van der Waals surface area contributed by atoms with Gasteiger partial charge in [-0.05, 0) is 44.6 Å². The van der Waals surface area contributed by atoms with E-state index < -0.39 is 0 Å². The van der Waals surface area contributed by atoms with Crippen LogP contribution in [0.4, 0.5) is 5.69 Å². The number of nitrogens with zero attached hydrogens (tertiary/aromatic N) is 1. The number of rotatable bonds is 2. The van der Waals surface area contributed by atoms with Gasteiger partial charge in [0.05, 0.1) is 0 Å². The summed E-state index contributed by atoms with van der Waals surface area (Å²) in [6.45, 7) is 2.18. The Balaban J connectivity index is 2.29.